The predicted octanol–water partition coefficient (Wildman–Crippen LogP) is 3.35. The van der Waals surface area contributed by atoms with Gasteiger partial charge in [0, 0.05) is 6.04 Å². The Bertz CT molecular complexity index is 464. The number of nitrogens with zero attached hydrogens (tertiary/aromatic N) is 1. The Morgan fingerprint density at radius 3 is 3.00 bits per heavy atom. The van der Waals surface area contributed by atoms with Gasteiger partial charge in [-0.2, -0.15) is 5.26 Å². The minimum atomic E-state index is -0.342. The van der Waals surface area contributed by atoms with E-state index in [9.17, 15) is 0 Å². The van der Waals surface area contributed by atoms with Crippen LogP contribution in [0.5, 0.6) is 5.75 Å². The molecule has 0 spiro atoms. The lowest BCUT2D eigenvalue weighted by atomic mass is 9.87. The van der Waals surface area contributed by atoms with Gasteiger partial charge in [0.1, 0.15) is 11.8 Å². The molecule has 2 atom stereocenters. The molecule has 1 aromatic carbocycles. The smallest absolute Gasteiger partial charge is 0.184 e. The Morgan fingerprint density at radius 1 is 1.47 bits per heavy atom. The van der Waals surface area contributed by atoms with Gasteiger partial charge in [-0.05, 0) is 49.4 Å². The monoisotopic (exact) mass is 258 g/mol. The summed E-state index contributed by atoms with van der Waals surface area (Å²) in [6, 6.07) is 8.85. The Balaban J connectivity index is 2.27. The van der Waals surface area contributed by atoms with E-state index in [0.29, 0.717) is 6.04 Å². The van der Waals surface area contributed by atoms with Gasteiger partial charge in [0.25, 0.3) is 0 Å². The second-order valence-corrected chi connectivity index (χ2v) is 4.97. The molecule has 0 amide bonds. The molecule has 1 aromatic rings. The zero-order valence-electron chi connectivity index (χ0n) is 11.8. The molecule has 0 bridgehead atoms. The summed E-state index contributed by atoms with van der Waals surface area (Å²) in [4.78, 5) is 0. The van der Waals surface area contributed by atoms with Crippen LogP contribution >= 0.6 is 0 Å². The quantitative estimate of drug-likeness (QED) is 0.881. The number of hydrogen-bond acceptors (Lipinski definition) is 3. The van der Waals surface area contributed by atoms with Crippen LogP contribution in [0.15, 0.2) is 18.2 Å². The van der Waals surface area contributed by atoms with Crippen LogP contribution in [-0.2, 0) is 6.42 Å². The standard InChI is InChI=1S/C16H22N2O/c1-3-12(11-17)19-16-10-6-7-13-14(16)8-5-9-15(13)18-4-2/h6-7,10,12,15,18H,3-5,8-9H2,1-2H3. The third-order valence-electron chi connectivity index (χ3n) is 3.70. The third kappa shape index (κ3) is 3.08. The minimum absolute atomic E-state index is 0.342. The summed E-state index contributed by atoms with van der Waals surface area (Å²) < 4.78 is 5.85. The first kappa shape index (κ1) is 13.9. The van der Waals surface area contributed by atoms with Gasteiger partial charge >= 0.3 is 0 Å². The number of fused-ring (bicyclic) bond motifs is 1. The van der Waals surface area contributed by atoms with Crippen LogP contribution in [0, 0.1) is 11.3 Å². The lowest BCUT2D eigenvalue weighted by Crippen LogP contribution is -2.25. The van der Waals surface area contributed by atoms with Gasteiger partial charge in [-0.1, -0.05) is 26.0 Å². The van der Waals surface area contributed by atoms with Crippen molar-refractivity contribution in [1.82, 2.24) is 5.32 Å². The largest absolute Gasteiger partial charge is 0.475 e. The number of hydrogen-bond donors (Lipinski definition) is 1. The zero-order valence-corrected chi connectivity index (χ0v) is 11.8. The van der Waals surface area contributed by atoms with Gasteiger partial charge in [0.05, 0.1) is 0 Å². The van der Waals surface area contributed by atoms with E-state index < -0.39 is 0 Å². The molecular weight excluding hydrogens is 236 g/mol. The second kappa shape index (κ2) is 6.58. The normalized spacial score (nSPS) is 19.3. The van der Waals surface area contributed by atoms with E-state index in [0.717, 1.165) is 25.1 Å². The van der Waals surface area contributed by atoms with E-state index >= 15 is 0 Å². The van der Waals surface area contributed by atoms with Gasteiger partial charge in [0.2, 0.25) is 0 Å². The van der Waals surface area contributed by atoms with Crippen LogP contribution < -0.4 is 10.1 Å². The van der Waals surface area contributed by atoms with Crippen LogP contribution in [0.1, 0.15) is 50.3 Å². The zero-order chi connectivity index (χ0) is 13.7. The average molecular weight is 258 g/mol. The summed E-state index contributed by atoms with van der Waals surface area (Å²) in [5.74, 6) is 0.897. The van der Waals surface area contributed by atoms with Crippen LogP contribution in [0.3, 0.4) is 0 Å². The highest BCUT2D eigenvalue weighted by Gasteiger charge is 2.22. The van der Waals surface area contributed by atoms with E-state index in [4.69, 9.17) is 10.00 Å². The van der Waals surface area contributed by atoms with Crippen molar-refractivity contribution >= 4 is 0 Å². The summed E-state index contributed by atoms with van der Waals surface area (Å²) in [6.45, 7) is 5.09. The number of rotatable bonds is 5. The number of benzene rings is 1. The molecular formula is C16H22N2O. The van der Waals surface area contributed by atoms with Crippen molar-refractivity contribution in [3.05, 3.63) is 29.3 Å². The fourth-order valence-electron chi connectivity index (χ4n) is 2.74. The van der Waals surface area contributed by atoms with Crippen LogP contribution in [0.2, 0.25) is 0 Å². The van der Waals surface area contributed by atoms with E-state index in [2.05, 4.69) is 24.4 Å². The van der Waals surface area contributed by atoms with Gasteiger partial charge < -0.3 is 10.1 Å². The molecule has 1 aliphatic carbocycles. The molecule has 3 nitrogen and oxygen atoms in total. The predicted molar refractivity (Wildman–Crippen MR) is 76.1 cm³/mol. The lowest BCUT2D eigenvalue weighted by molar-refractivity contribution is 0.247. The van der Waals surface area contributed by atoms with Crippen molar-refractivity contribution in [2.75, 3.05) is 6.54 Å². The molecule has 0 heterocycles. The highest BCUT2D eigenvalue weighted by molar-refractivity contribution is 5.43. The van der Waals surface area contributed by atoms with Gasteiger partial charge in [-0.25, -0.2) is 0 Å². The van der Waals surface area contributed by atoms with Crippen LogP contribution in [0.25, 0.3) is 0 Å². The molecule has 3 heteroatoms. The van der Waals surface area contributed by atoms with Crippen molar-refractivity contribution in [2.45, 2.75) is 51.7 Å². The number of ether oxygens (including phenoxy) is 1. The molecule has 0 aromatic heterocycles. The van der Waals surface area contributed by atoms with Gasteiger partial charge in [0.15, 0.2) is 6.10 Å². The van der Waals surface area contributed by atoms with Crippen molar-refractivity contribution in [3.63, 3.8) is 0 Å². The van der Waals surface area contributed by atoms with Crippen LogP contribution in [-0.4, -0.2) is 12.6 Å². The van der Waals surface area contributed by atoms with Crippen molar-refractivity contribution < 1.29 is 4.74 Å². The highest BCUT2D eigenvalue weighted by atomic mass is 16.5. The maximum Gasteiger partial charge on any atom is 0.184 e. The number of nitriles is 1. The van der Waals surface area contributed by atoms with E-state index in [1.807, 2.05) is 19.1 Å². The maximum absolute atomic E-state index is 9.04. The van der Waals surface area contributed by atoms with Gasteiger partial charge in [-0.3, -0.25) is 0 Å². The van der Waals surface area contributed by atoms with E-state index in [1.54, 1.807) is 0 Å². The maximum atomic E-state index is 9.04. The minimum Gasteiger partial charge on any atom is -0.475 e. The molecule has 0 saturated heterocycles. The Hall–Kier alpha value is -1.53. The molecule has 19 heavy (non-hydrogen) atoms. The van der Waals surface area contributed by atoms with Crippen molar-refractivity contribution in [1.29, 1.82) is 5.26 Å². The molecule has 2 rings (SSSR count). The fraction of sp³-hybridized carbons (Fsp3) is 0.562. The highest BCUT2D eigenvalue weighted by Crippen LogP contribution is 2.35. The topological polar surface area (TPSA) is 45.0 Å². The number of nitrogens with one attached hydrogen (secondary N) is 1. The SMILES string of the molecule is CCNC1CCCc2c(OC(C#N)CC)cccc21. The summed E-state index contributed by atoms with van der Waals surface area (Å²) in [5, 5.41) is 12.6. The molecule has 102 valence electrons. The molecule has 0 radical (unpaired) electrons. The third-order valence-corrected chi connectivity index (χ3v) is 3.70. The van der Waals surface area contributed by atoms with Gasteiger partial charge in [-0.15, -0.1) is 0 Å². The molecule has 0 aliphatic heterocycles. The molecule has 0 fully saturated rings. The van der Waals surface area contributed by atoms with E-state index in [-0.39, 0.29) is 6.10 Å². The molecule has 1 N–H and O–H groups in total. The first-order valence-corrected chi connectivity index (χ1v) is 7.21. The molecule has 2 unspecified atom stereocenters. The summed E-state index contributed by atoms with van der Waals surface area (Å²) >= 11 is 0. The Morgan fingerprint density at radius 2 is 2.32 bits per heavy atom. The van der Waals surface area contributed by atoms with Crippen molar-refractivity contribution in [3.8, 4) is 11.8 Å². The molecule has 1 aliphatic rings. The van der Waals surface area contributed by atoms with Crippen molar-refractivity contribution in [2.24, 2.45) is 0 Å². The summed E-state index contributed by atoms with van der Waals surface area (Å²) in [7, 11) is 0. The second-order valence-electron chi connectivity index (χ2n) is 4.97. The van der Waals surface area contributed by atoms with E-state index in [1.165, 1.54) is 24.0 Å². The summed E-state index contributed by atoms with van der Waals surface area (Å²) in [5.41, 5.74) is 2.63. The summed E-state index contributed by atoms with van der Waals surface area (Å²) in [6.07, 6.45) is 3.78. The first-order valence-electron chi connectivity index (χ1n) is 7.21. The lowest BCUT2D eigenvalue weighted by Gasteiger charge is -2.28. The fourth-order valence-corrected chi connectivity index (χ4v) is 2.74. The Kier molecular flexibility index (Phi) is 4.81. The molecule has 0 saturated carbocycles. The average Bonchev–Trinajstić information content (AvgIpc) is 2.45. The first-order chi connectivity index (χ1) is 9.30. The Labute approximate surface area is 115 Å². The van der Waals surface area contributed by atoms with Crippen LogP contribution in [0.4, 0.5) is 0 Å².